The number of aliphatic hydroxyl groups is 1. The predicted molar refractivity (Wildman–Crippen MR) is 63.4 cm³/mol. The van der Waals surface area contributed by atoms with E-state index in [1.807, 2.05) is 0 Å². The molecule has 0 heterocycles. The van der Waals surface area contributed by atoms with Gasteiger partial charge in [-0.2, -0.15) is 0 Å². The van der Waals surface area contributed by atoms with Gasteiger partial charge in [0.1, 0.15) is 15.7 Å². The number of halogens is 2. The summed E-state index contributed by atoms with van der Waals surface area (Å²) in [4.78, 5) is 0. The highest BCUT2D eigenvalue weighted by atomic mass is 79.9. The number of sulfone groups is 1. The molecule has 6 heteroatoms. The molecule has 0 fully saturated rings. The molecule has 0 saturated heterocycles. The zero-order valence-corrected chi connectivity index (χ0v) is 11.1. The number of hydrogen-bond donors (Lipinski definition) is 1. The topological polar surface area (TPSA) is 54.4 Å². The van der Waals surface area contributed by atoms with Crippen LogP contribution in [0.1, 0.15) is 18.1 Å². The van der Waals surface area contributed by atoms with Gasteiger partial charge in [-0.1, -0.05) is 22.0 Å². The Bertz CT molecular complexity index is 473. The maximum atomic E-state index is 13.4. The lowest BCUT2D eigenvalue weighted by Crippen LogP contribution is -2.09. The molecule has 0 aliphatic heterocycles. The minimum absolute atomic E-state index is 0.00259. The summed E-state index contributed by atoms with van der Waals surface area (Å²) in [7, 11) is -3.14. The molecule has 0 aliphatic rings. The van der Waals surface area contributed by atoms with E-state index in [2.05, 4.69) is 15.9 Å². The standard InChI is InChI=1S/C10H12BrFO3S/c1-16(14,15)5-4-10(13)8-3-2-7(11)6-9(8)12/h2-3,6,10,13H,4-5H2,1H3. The van der Waals surface area contributed by atoms with Crippen LogP contribution >= 0.6 is 15.9 Å². The molecule has 1 atom stereocenters. The molecule has 1 rings (SSSR count). The predicted octanol–water partition coefficient (Wildman–Crippen LogP) is 2.06. The van der Waals surface area contributed by atoms with Gasteiger partial charge < -0.3 is 5.11 Å². The Morgan fingerprint density at radius 1 is 1.50 bits per heavy atom. The lowest BCUT2D eigenvalue weighted by molar-refractivity contribution is 0.169. The maximum Gasteiger partial charge on any atom is 0.147 e. The van der Waals surface area contributed by atoms with Gasteiger partial charge >= 0.3 is 0 Å². The largest absolute Gasteiger partial charge is 0.388 e. The summed E-state index contributed by atoms with van der Waals surface area (Å²) in [6.45, 7) is 0. The van der Waals surface area contributed by atoms with Gasteiger partial charge in [-0.15, -0.1) is 0 Å². The van der Waals surface area contributed by atoms with Crippen LogP contribution in [0.3, 0.4) is 0 Å². The first-order valence-corrected chi connectivity index (χ1v) is 7.45. The third kappa shape index (κ3) is 4.19. The van der Waals surface area contributed by atoms with Crippen molar-refractivity contribution in [2.24, 2.45) is 0 Å². The summed E-state index contributed by atoms with van der Waals surface area (Å²) in [6, 6.07) is 4.27. The first kappa shape index (κ1) is 13.6. The van der Waals surface area contributed by atoms with E-state index < -0.39 is 21.8 Å². The van der Waals surface area contributed by atoms with Crippen molar-refractivity contribution in [3.8, 4) is 0 Å². The van der Waals surface area contributed by atoms with Gasteiger partial charge in [-0.25, -0.2) is 12.8 Å². The Morgan fingerprint density at radius 3 is 2.62 bits per heavy atom. The van der Waals surface area contributed by atoms with Crippen LogP contribution in [0.4, 0.5) is 4.39 Å². The van der Waals surface area contributed by atoms with Crippen molar-refractivity contribution in [1.29, 1.82) is 0 Å². The lowest BCUT2D eigenvalue weighted by Gasteiger charge is -2.11. The molecule has 0 amide bonds. The second-order valence-corrected chi connectivity index (χ2v) is 6.78. The molecule has 0 aliphatic carbocycles. The molecule has 0 radical (unpaired) electrons. The molecule has 3 nitrogen and oxygen atoms in total. The number of hydrogen-bond acceptors (Lipinski definition) is 3. The van der Waals surface area contributed by atoms with Crippen LogP contribution in [-0.4, -0.2) is 25.5 Å². The summed E-state index contributed by atoms with van der Waals surface area (Å²) >= 11 is 3.10. The summed E-state index contributed by atoms with van der Waals surface area (Å²) < 4.78 is 35.7. The number of rotatable bonds is 4. The van der Waals surface area contributed by atoms with E-state index in [9.17, 15) is 17.9 Å². The van der Waals surface area contributed by atoms with Crippen molar-refractivity contribution < 1.29 is 17.9 Å². The van der Waals surface area contributed by atoms with Crippen molar-refractivity contribution >= 4 is 25.8 Å². The highest BCUT2D eigenvalue weighted by Gasteiger charge is 2.15. The molecular weight excluding hydrogens is 299 g/mol. The van der Waals surface area contributed by atoms with Gasteiger partial charge in [0.15, 0.2) is 0 Å². The third-order valence-corrected chi connectivity index (χ3v) is 3.55. The summed E-state index contributed by atoms with van der Waals surface area (Å²) in [5, 5.41) is 9.64. The molecule has 1 unspecified atom stereocenters. The van der Waals surface area contributed by atoms with E-state index in [4.69, 9.17) is 0 Å². The van der Waals surface area contributed by atoms with Crippen molar-refractivity contribution in [2.45, 2.75) is 12.5 Å². The van der Waals surface area contributed by atoms with Crippen molar-refractivity contribution in [1.82, 2.24) is 0 Å². The monoisotopic (exact) mass is 310 g/mol. The highest BCUT2D eigenvalue weighted by Crippen LogP contribution is 2.23. The number of benzene rings is 1. The molecule has 90 valence electrons. The Morgan fingerprint density at radius 2 is 2.12 bits per heavy atom. The fraction of sp³-hybridized carbons (Fsp3) is 0.400. The van der Waals surface area contributed by atoms with Gasteiger partial charge in [0, 0.05) is 16.3 Å². The molecule has 16 heavy (non-hydrogen) atoms. The van der Waals surface area contributed by atoms with Crippen molar-refractivity contribution in [3.63, 3.8) is 0 Å². The average Bonchev–Trinajstić information content (AvgIpc) is 2.13. The van der Waals surface area contributed by atoms with Crippen molar-refractivity contribution in [2.75, 3.05) is 12.0 Å². The Labute approximate surface area is 102 Å². The van der Waals surface area contributed by atoms with Gasteiger partial charge in [-0.05, 0) is 18.6 Å². The molecular formula is C10H12BrFO3S. The molecule has 1 aromatic carbocycles. The normalized spacial score (nSPS) is 13.8. The van der Waals surface area contributed by atoms with E-state index in [0.717, 1.165) is 6.26 Å². The zero-order chi connectivity index (χ0) is 12.3. The summed E-state index contributed by atoms with van der Waals surface area (Å²) in [6.07, 6.45) is -0.0162. The molecule has 1 N–H and O–H groups in total. The van der Waals surface area contributed by atoms with Crippen LogP contribution < -0.4 is 0 Å². The van der Waals surface area contributed by atoms with Gasteiger partial charge in [-0.3, -0.25) is 0 Å². The van der Waals surface area contributed by atoms with E-state index >= 15 is 0 Å². The maximum absolute atomic E-state index is 13.4. The SMILES string of the molecule is CS(=O)(=O)CCC(O)c1ccc(Br)cc1F. The highest BCUT2D eigenvalue weighted by molar-refractivity contribution is 9.10. The second kappa shape index (κ2) is 5.25. The van der Waals surface area contributed by atoms with Crippen LogP contribution in [0.25, 0.3) is 0 Å². The molecule has 0 spiro atoms. The summed E-state index contributed by atoms with van der Waals surface area (Å²) in [5.74, 6) is -0.709. The zero-order valence-electron chi connectivity index (χ0n) is 8.65. The third-order valence-electron chi connectivity index (χ3n) is 2.08. The minimum Gasteiger partial charge on any atom is -0.388 e. The fourth-order valence-electron chi connectivity index (χ4n) is 1.25. The molecule has 0 aromatic heterocycles. The molecule has 0 saturated carbocycles. The molecule has 0 bridgehead atoms. The summed E-state index contributed by atoms with van der Waals surface area (Å²) in [5.41, 5.74) is 0.117. The quantitative estimate of drug-likeness (QED) is 0.926. The van der Waals surface area contributed by atoms with E-state index in [-0.39, 0.29) is 17.7 Å². The lowest BCUT2D eigenvalue weighted by atomic mass is 10.1. The van der Waals surface area contributed by atoms with Crippen LogP contribution in [-0.2, 0) is 9.84 Å². The first-order chi connectivity index (χ1) is 7.29. The van der Waals surface area contributed by atoms with Crippen molar-refractivity contribution in [3.05, 3.63) is 34.1 Å². The van der Waals surface area contributed by atoms with E-state index in [0.29, 0.717) is 4.47 Å². The average molecular weight is 311 g/mol. The Hall–Kier alpha value is -0.460. The van der Waals surface area contributed by atoms with E-state index in [1.54, 1.807) is 6.07 Å². The van der Waals surface area contributed by atoms with Crippen LogP contribution in [0.5, 0.6) is 0 Å². The van der Waals surface area contributed by atoms with E-state index in [1.165, 1.54) is 12.1 Å². The van der Waals surface area contributed by atoms with Gasteiger partial charge in [0.05, 0.1) is 11.9 Å². The molecule has 1 aromatic rings. The Balaban J connectivity index is 2.77. The van der Waals surface area contributed by atoms with Crippen LogP contribution in [0, 0.1) is 5.82 Å². The smallest absolute Gasteiger partial charge is 0.147 e. The van der Waals surface area contributed by atoms with Gasteiger partial charge in [0.2, 0.25) is 0 Å². The van der Waals surface area contributed by atoms with Gasteiger partial charge in [0.25, 0.3) is 0 Å². The van der Waals surface area contributed by atoms with Crippen LogP contribution in [0.2, 0.25) is 0 Å². The van der Waals surface area contributed by atoms with Crippen LogP contribution in [0.15, 0.2) is 22.7 Å². The first-order valence-electron chi connectivity index (χ1n) is 4.60. The Kier molecular flexibility index (Phi) is 4.46. The fourth-order valence-corrected chi connectivity index (χ4v) is 2.24. The number of aliphatic hydroxyl groups excluding tert-OH is 1. The second-order valence-electron chi connectivity index (χ2n) is 3.60. The minimum atomic E-state index is -3.14.